The van der Waals surface area contributed by atoms with Crippen molar-refractivity contribution in [2.75, 3.05) is 6.54 Å². The van der Waals surface area contributed by atoms with E-state index in [1.165, 1.54) is 0 Å². The number of nitrogens with one attached hydrogen (secondary N) is 1. The van der Waals surface area contributed by atoms with Gasteiger partial charge < -0.3 is 15.8 Å². The quantitative estimate of drug-likeness (QED) is 0.608. The number of rotatable bonds is 4. The molecule has 1 aromatic rings. The van der Waals surface area contributed by atoms with Crippen LogP contribution < -0.4 is 5.73 Å². The third kappa shape index (κ3) is 2.55. The van der Waals surface area contributed by atoms with Crippen molar-refractivity contribution >= 4 is 5.97 Å². The largest absolute Gasteiger partial charge is 0.481 e. The normalized spacial score (nSPS) is 12.8. The number of carbonyl (C=O) groups is 1. The van der Waals surface area contributed by atoms with Gasteiger partial charge in [0.15, 0.2) is 0 Å². The van der Waals surface area contributed by atoms with Gasteiger partial charge in [0.2, 0.25) is 0 Å². The molecule has 0 aliphatic heterocycles. The lowest BCUT2D eigenvalue weighted by Crippen LogP contribution is -2.25. The van der Waals surface area contributed by atoms with Gasteiger partial charge in [0.25, 0.3) is 0 Å². The molecule has 0 aliphatic rings. The maximum Gasteiger partial charge on any atom is 0.308 e. The average molecular weight is 183 g/mol. The fourth-order valence-corrected chi connectivity index (χ4v) is 1.08. The minimum atomic E-state index is -0.878. The Morgan fingerprint density at radius 1 is 1.85 bits per heavy atom. The summed E-state index contributed by atoms with van der Waals surface area (Å²) in [6, 6.07) is 0. The molecule has 1 atom stereocenters. The lowest BCUT2D eigenvalue weighted by atomic mass is 10.1. The summed E-state index contributed by atoms with van der Waals surface area (Å²) in [4.78, 5) is 17.6. The first-order valence-corrected chi connectivity index (χ1v) is 4.07. The van der Waals surface area contributed by atoms with E-state index < -0.39 is 11.9 Å². The zero-order valence-corrected chi connectivity index (χ0v) is 7.45. The Labute approximate surface area is 76.0 Å². The second-order valence-corrected chi connectivity index (χ2v) is 2.99. The predicted molar refractivity (Wildman–Crippen MR) is 47.2 cm³/mol. The second-order valence-electron chi connectivity index (χ2n) is 2.99. The highest BCUT2D eigenvalue weighted by Crippen LogP contribution is 2.04. The van der Waals surface area contributed by atoms with Gasteiger partial charge in [-0.05, 0) is 6.92 Å². The summed E-state index contributed by atoms with van der Waals surface area (Å²) in [7, 11) is 0. The molecule has 72 valence electrons. The molecule has 0 aliphatic carbocycles. The number of hydrogen-bond donors (Lipinski definition) is 3. The highest BCUT2D eigenvalue weighted by atomic mass is 16.4. The van der Waals surface area contributed by atoms with Crippen molar-refractivity contribution in [3.8, 4) is 0 Å². The summed E-state index contributed by atoms with van der Waals surface area (Å²) in [5.41, 5.74) is 6.23. The number of carboxylic acid groups (broad SMARTS) is 1. The molecule has 0 aromatic carbocycles. The molecule has 0 bridgehead atoms. The number of aliphatic carboxylic acids is 1. The second kappa shape index (κ2) is 4.04. The molecule has 1 heterocycles. The fraction of sp³-hybridized carbons (Fsp3) is 0.500. The van der Waals surface area contributed by atoms with Gasteiger partial charge >= 0.3 is 5.97 Å². The lowest BCUT2D eigenvalue weighted by molar-refractivity contribution is -0.141. The first kappa shape index (κ1) is 9.73. The van der Waals surface area contributed by atoms with Gasteiger partial charge in [-0.1, -0.05) is 0 Å². The minimum absolute atomic E-state index is 0.134. The summed E-state index contributed by atoms with van der Waals surface area (Å²) in [6.07, 6.45) is 2.03. The third-order valence-electron chi connectivity index (χ3n) is 1.83. The number of H-pyrrole nitrogens is 1. The van der Waals surface area contributed by atoms with Gasteiger partial charge in [-0.2, -0.15) is 0 Å². The van der Waals surface area contributed by atoms with E-state index in [-0.39, 0.29) is 6.54 Å². The van der Waals surface area contributed by atoms with Crippen LogP contribution in [0.1, 0.15) is 11.5 Å². The Morgan fingerprint density at radius 2 is 2.54 bits per heavy atom. The molecule has 0 fully saturated rings. The number of aromatic amines is 1. The topological polar surface area (TPSA) is 92.0 Å². The summed E-state index contributed by atoms with van der Waals surface area (Å²) >= 11 is 0. The number of aryl methyl sites for hydroxylation is 1. The number of nitrogens with zero attached hydrogens (tertiary/aromatic N) is 1. The van der Waals surface area contributed by atoms with E-state index in [1.807, 2.05) is 6.92 Å². The van der Waals surface area contributed by atoms with Crippen molar-refractivity contribution < 1.29 is 9.90 Å². The fourth-order valence-electron chi connectivity index (χ4n) is 1.08. The van der Waals surface area contributed by atoms with Crippen LogP contribution in [0.25, 0.3) is 0 Å². The molecule has 0 saturated heterocycles. The van der Waals surface area contributed by atoms with Gasteiger partial charge in [-0.3, -0.25) is 4.79 Å². The van der Waals surface area contributed by atoms with Gasteiger partial charge in [0.1, 0.15) is 5.82 Å². The van der Waals surface area contributed by atoms with Gasteiger partial charge in [0.05, 0.1) is 5.92 Å². The molecule has 0 saturated carbocycles. The van der Waals surface area contributed by atoms with Gasteiger partial charge in [0, 0.05) is 24.9 Å². The maximum atomic E-state index is 10.6. The highest BCUT2D eigenvalue weighted by molar-refractivity contribution is 5.70. The predicted octanol–water partition coefficient (Wildman–Crippen LogP) is -0.0799. The summed E-state index contributed by atoms with van der Waals surface area (Å²) in [5, 5.41) is 8.72. The number of nitrogens with two attached hydrogens (primary N) is 1. The van der Waals surface area contributed by atoms with E-state index in [1.54, 1.807) is 6.20 Å². The maximum absolute atomic E-state index is 10.6. The van der Waals surface area contributed by atoms with Gasteiger partial charge in [-0.15, -0.1) is 0 Å². The Hall–Kier alpha value is -1.36. The first-order valence-electron chi connectivity index (χ1n) is 4.07. The van der Waals surface area contributed by atoms with Crippen LogP contribution in [0.3, 0.4) is 0 Å². The first-order chi connectivity index (χ1) is 6.13. The number of carboxylic acids is 1. The molecule has 13 heavy (non-hydrogen) atoms. The Bertz CT molecular complexity index is 295. The van der Waals surface area contributed by atoms with Crippen molar-refractivity contribution in [1.82, 2.24) is 9.97 Å². The van der Waals surface area contributed by atoms with Crippen LogP contribution in [0.4, 0.5) is 0 Å². The molecule has 0 radical (unpaired) electrons. The van der Waals surface area contributed by atoms with Crippen LogP contribution in [0, 0.1) is 12.8 Å². The third-order valence-corrected chi connectivity index (χ3v) is 1.83. The zero-order valence-electron chi connectivity index (χ0n) is 7.45. The molecular formula is C8H13N3O2. The van der Waals surface area contributed by atoms with Crippen LogP contribution in [-0.4, -0.2) is 27.6 Å². The van der Waals surface area contributed by atoms with Crippen molar-refractivity contribution in [3.05, 3.63) is 17.7 Å². The molecule has 1 rings (SSSR count). The minimum Gasteiger partial charge on any atom is -0.481 e. The van der Waals surface area contributed by atoms with Gasteiger partial charge in [-0.25, -0.2) is 4.98 Å². The molecule has 0 spiro atoms. The van der Waals surface area contributed by atoms with Crippen molar-refractivity contribution in [2.45, 2.75) is 13.3 Å². The number of hydrogen-bond acceptors (Lipinski definition) is 3. The van der Waals surface area contributed by atoms with E-state index in [0.717, 1.165) is 5.69 Å². The van der Waals surface area contributed by atoms with Crippen LogP contribution >= 0.6 is 0 Å². The zero-order chi connectivity index (χ0) is 9.84. The molecule has 4 N–H and O–H groups in total. The average Bonchev–Trinajstić information content (AvgIpc) is 2.46. The lowest BCUT2D eigenvalue weighted by Gasteiger charge is -2.06. The Balaban J connectivity index is 2.61. The number of imidazole rings is 1. The van der Waals surface area contributed by atoms with E-state index in [0.29, 0.717) is 12.2 Å². The highest BCUT2D eigenvalue weighted by Gasteiger charge is 2.17. The molecule has 0 amide bonds. The molecule has 1 aromatic heterocycles. The van der Waals surface area contributed by atoms with Crippen molar-refractivity contribution in [1.29, 1.82) is 0 Å². The molecule has 1 unspecified atom stereocenters. The van der Waals surface area contributed by atoms with Crippen LogP contribution in [0.15, 0.2) is 6.20 Å². The summed E-state index contributed by atoms with van der Waals surface area (Å²) in [5.74, 6) is -0.752. The summed E-state index contributed by atoms with van der Waals surface area (Å²) < 4.78 is 0. The smallest absolute Gasteiger partial charge is 0.308 e. The Kier molecular flexibility index (Phi) is 3.02. The molecule has 5 nitrogen and oxygen atoms in total. The summed E-state index contributed by atoms with van der Waals surface area (Å²) in [6.45, 7) is 2.00. The molecular weight excluding hydrogens is 170 g/mol. The monoisotopic (exact) mass is 183 g/mol. The van der Waals surface area contributed by atoms with Crippen LogP contribution in [0.2, 0.25) is 0 Å². The van der Waals surface area contributed by atoms with E-state index >= 15 is 0 Å². The van der Waals surface area contributed by atoms with E-state index in [2.05, 4.69) is 9.97 Å². The van der Waals surface area contributed by atoms with Crippen molar-refractivity contribution in [2.24, 2.45) is 11.7 Å². The SMILES string of the molecule is Cc1cnc(CC(CN)C(=O)O)[nH]1. The van der Waals surface area contributed by atoms with Crippen LogP contribution in [0.5, 0.6) is 0 Å². The number of aromatic nitrogens is 2. The van der Waals surface area contributed by atoms with Crippen LogP contribution in [-0.2, 0) is 11.2 Å². The molecule has 5 heteroatoms. The van der Waals surface area contributed by atoms with E-state index in [9.17, 15) is 4.79 Å². The standard InChI is InChI=1S/C8H13N3O2/c1-5-4-10-7(11-5)2-6(3-9)8(12)13/h4,6H,2-3,9H2,1H3,(H,10,11)(H,12,13). The van der Waals surface area contributed by atoms with E-state index in [4.69, 9.17) is 10.8 Å². The van der Waals surface area contributed by atoms with Crippen molar-refractivity contribution in [3.63, 3.8) is 0 Å². The Morgan fingerprint density at radius 3 is 2.92 bits per heavy atom.